The van der Waals surface area contributed by atoms with E-state index in [4.69, 9.17) is 10.5 Å². The normalized spacial score (nSPS) is 11.0. The van der Waals surface area contributed by atoms with Gasteiger partial charge in [-0.3, -0.25) is 4.79 Å². The molecular formula is C24H22N2O5. The first-order valence-electron chi connectivity index (χ1n) is 9.75. The molecule has 0 saturated heterocycles. The molecule has 7 nitrogen and oxygen atoms in total. The van der Waals surface area contributed by atoms with Crippen molar-refractivity contribution in [1.82, 2.24) is 4.57 Å². The lowest BCUT2D eigenvalue weighted by Crippen LogP contribution is -2.13. The number of hydrogen-bond donors (Lipinski definition) is 2. The Bertz CT molecular complexity index is 1280. The van der Waals surface area contributed by atoms with Crippen LogP contribution in [-0.2, 0) is 22.7 Å². The number of carbonyl (C=O) groups excluding carboxylic acids is 2. The Morgan fingerprint density at radius 1 is 0.968 bits per heavy atom. The van der Waals surface area contributed by atoms with E-state index in [-0.39, 0.29) is 13.2 Å². The Kier molecular flexibility index (Phi) is 5.60. The molecule has 1 heterocycles. The van der Waals surface area contributed by atoms with Gasteiger partial charge in [0.25, 0.3) is 0 Å². The number of aromatic nitrogens is 1. The fourth-order valence-electron chi connectivity index (χ4n) is 3.82. The minimum absolute atomic E-state index is 0.208. The molecule has 1 aromatic heterocycles. The van der Waals surface area contributed by atoms with Crippen LogP contribution in [0.4, 0.5) is 0 Å². The van der Waals surface area contributed by atoms with E-state index in [1.54, 1.807) is 18.2 Å². The number of rotatable bonds is 7. The Hall–Kier alpha value is -3.84. The predicted molar refractivity (Wildman–Crippen MR) is 117 cm³/mol. The zero-order valence-electron chi connectivity index (χ0n) is 17.0. The molecule has 0 atom stereocenters. The van der Waals surface area contributed by atoms with Crippen LogP contribution in [0.2, 0.25) is 0 Å². The summed E-state index contributed by atoms with van der Waals surface area (Å²) in [5.74, 6) is -0.724. The highest BCUT2D eigenvalue weighted by atomic mass is 16.6. The van der Waals surface area contributed by atoms with Gasteiger partial charge in [-0.05, 0) is 35.4 Å². The molecule has 3 aromatic carbocycles. The number of nitrogens with zero attached hydrogens (tertiary/aromatic N) is 1. The van der Waals surface area contributed by atoms with Gasteiger partial charge in [-0.25, -0.2) is 4.79 Å². The van der Waals surface area contributed by atoms with Gasteiger partial charge in [0.1, 0.15) is 5.75 Å². The van der Waals surface area contributed by atoms with Crippen LogP contribution in [0, 0.1) is 0 Å². The minimum Gasteiger partial charge on any atom is -0.481 e. The van der Waals surface area contributed by atoms with Crippen molar-refractivity contribution in [3.63, 3.8) is 0 Å². The van der Waals surface area contributed by atoms with Crippen LogP contribution in [0.25, 0.3) is 21.8 Å². The molecule has 31 heavy (non-hydrogen) atoms. The summed E-state index contributed by atoms with van der Waals surface area (Å²) in [6.07, 6.45) is 0. The molecule has 0 aliphatic rings. The topological polar surface area (TPSA) is 104 Å². The average molecular weight is 418 g/mol. The summed E-state index contributed by atoms with van der Waals surface area (Å²) in [7, 11) is 1.28. The number of fused-ring (bicyclic) bond motifs is 3. The van der Waals surface area contributed by atoms with Gasteiger partial charge >= 0.3 is 5.97 Å². The molecule has 158 valence electrons. The third-order valence-electron chi connectivity index (χ3n) is 5.22. The number of esters is 1. The van der Waals surface area contributed by atoms with Gasteiger partial charge in [-0.1, -0.05) is 36.4 Å². The SMILES string of the molecule is COC(=O)COc1cc(CO)cc2c1c1c(C(N)=O)cccc1n2Cc1ccccc1. The molecule has 3 N–H and O–H groups in total. The van der Waals surface area contributed by atoms with Crippen molar-refractivity contribution < 1.29 is 24.2 Å². The number of ether oxygens (including phenoxy) is 2. The summed E-state index contributed by atoms with van der Waals surface area (Å²) in [4.78, 5) is 23.9. The summed E-state index contributed by atoms with van der Waals surface area (Å²) >= 11 is 0. The molecule has 0 aliphatic carbocycles. The number of aliphatic hydroxyl groups excluding tert-OH is 1. The monoisotopic (exact) mass is 418 g/mol. The lowest BCUT2D eigenvalue weighted by Gasteiger charge is -2.11. The maximum absolute atomic E-state index is 12.2. The summed E-state index contributed by atoms with van der Waals surface area (Å²) in [6, 6.07) is 18.8. The van der Waals surface area contributed by atoms with Crippen LogP contribution in [0.3, 0.4) is 0 Å². The standard InChI is InChI=1S/C24H22N2O5/c1-30-21(28)14-31-20-11-16(13-27)10-19-23(20)22-17(24(25)29)8-5-9-18(22)26(19)12-15-6-3-2-4-7-15/h2-11,27H,12-14H2,1H3,(H2,25,29). The summed E-state index contributed by atoms with van der Waals surface area (Å²) in [6.45, 7) is 0.0268. The lowest BCUT2D eigenvalue weighted by molar-refractivity contribution is -0.142. The maximum atomic E-state index is 12.2. The van der Waals surface area contributed by atoms with E-state index in [0.29, 0.717) is 34.2 Å². The maximum Gasteiger partial charge on any atom is 0.343 e. The minimum atomic E-state index is -0.561. The third kappa shape index (κ3) is 3.83. The Morgan fingerprint density at radius 2 is 1.74 bits per heavy atom. The van der Waals surface area contributed by atoms with Gasteiger partial charge in [0.15, 0.2) is 6.61 Å². The van der Waals surface area contributed by atoms with Crippen molar-refractivity contribution in [3.05, 3.63) is 77.4 Å². The Labute approximate surface area is 178 Å². The molecule has 7 heteroatoms. The summed E-state index contributed by atoms with van der Waals surface area (Å²) in [5.41, 5.74) is 9.28. The van der Waals surface area contributed by atoms with E-state index in [9.17, 15) is 14.7 Å². The van der Waals surface area contributed by atoms with E-state index in [0.717, 1.165) is 16.6 Å². The highest BCUT2D eigenvalue weighted by Crippen LogP contribution is 2.39. The first kappa shape index (κ1) is 20.4. The molecule has 4 rings (SSSR count). The Morgan fingerprint density at radius 3 is 2.42 bits per heavy atom. The molecule has 0 unspecified atom stereocenters. The molecule has 0 bridgehead atoms. The second kappa shape index (κ2) is 8.49. The van der Waals surface area contributed by atoms with Crippen LogP contribution < -0.4 is 10.5 Å². The summed E-state index contributed by atoms with van der Waals surface area (Å²) < 4.78 is 12.5. The fraction of sp³-hybridized carbons (Fsp3) is 0.167. The number of nitrogens with two attached hydrogens (primary N) is 1. The second-order valence-corrected chi connectivity index (χ2v) is 7.15. The van der Waals surface area contributed by atoms with Gasteiger partial charge in [0, 0.05) is 17.5 Å². The van der Waals surface area contributed by atoms with Crippen molar-refractivity contribution in [3.8, 4) is 5.75 Å². The number of methoxy groups -OCH3 is 1. The van der Waals surface area contributed by atoms with Gasteiger partial charge in [0.2, 0.25) is 5.91 Å². The predicted octanol–water partition coefficient (Wildman–Crippen LogP) is 2.99. The first-order chi connectivity index (χ1) is 15.0. The van der Waals surface area contributed by atoms with E-state index >= 15 is 0 Å². The van der Waals surface area contributed by atoms with Gasteiger partial charge < -0.3 is 24.9 Å². The molecular weight excluding hydrogens is 396 g/mol. The van der Waals surface area contributed by atoms with Crippen molar-refractivity contribution in [1.29, 1.82) is 0 Å². The van der Waals surface area contributed by atoms with Crippen molar-refractivity contribution in [2.24, 2.45) is 5.73 Å². The Balaban J connectivity index is 2.04. The number of carbonyl (C=O) groups is 2. The van der Waals surface area contributed by atoms with Crippen molar-refractivity contribution in [2.45, 2.75) is 13.2 Å². The molecule has 0 spiro atoms. The average Bonchev–Trinajstić information content (AvgIpc) is 3.11. The number of hydrogen-bond acceptors (Lipinski definition) is 5. The van der Waals surface area contributed by atoms with Gasteiger partial charge in [-0.2, -0.15) is 0 Å². The highest BCUT2D eigenvalue weighted by Gasteiger charge is 2.21. The zero-order valence-corrected chi connectivity index (χ0v) is 17.0. The number of benzene rings is 3. The second-order valence-electron chi connectivity index (χ2n) is 7.15. The van der Waals surface area contributed by atoms with E-state index in [1.807, 2.05) is 42.5 Å². The zero-order chi connectivity index (χ0) is 22.0. The number of amides is 1. The van der Waals surface area contributed by atoms with E-state index in [1.165, 1.54) is 7.11 Å². The van der Waals surface area contributed by atoms with E-state index < -0.39 is 11.9 Å². The largest absolute Gasteiger partial charge is 0.481 e. The smallest absolute Gasteiger partial charge is 0.343 e. The van der Waals surface area contributed by atoms with Crippen LogP contribution >= 0.6 is 0 Å². The molecule has 0 radical (unpaired) electrons. The van der Waals surface area contributed by atoms with Crippen LogP contribution in [-0.4, -0.2) is 35.3 Å². The van der Waals surface area contributed by atoms with Gasteiger partial charge in [0.05, 0.1) is 30.1 Å². The quantitative estimate of drug-likeness (QED) is 0.449. The van der Waals surface area contributed by atoms with Crippen LogP contribution in [0.15, 0.2) is 60.7 Å². The first-order valence-corrected chi connectivity index (χ1v) is 9.75. The van der Waals surface area contributed by atoms with Crippen LogP contribution in [0.1, 0.15) is 21.5 Å². The lowest BCUT2D eigenvalue weighted by atomic mass is 10.0. The third-order valence-corrected chi connectivity index (χ3v) is 5.22. The van der Waals surface area contributed by atoms with E-state index in [2.05, 4.69) is 9.30 Å². The number of aliphatic hydroxyl groups is 1. The molecule has 0 fully saturated rings. The van der Waals surface area contributed by atoms with Crippen LogP contribution in [0.5, 0.6) is 5.75 Å². The molecule has 0 saturated carbocycles. The molecule has 4 aromatic rings. The number of primary amides is 1. The fourth-order valence-corrected chi connectivity index (χ4v) is 3.82. The summed E-state index contributed by atoms with van der Waals surface area (Å²) in [5, 5.41) is 11.1. The highest BCUT2D eigenvalue weighted by molar-refractivity contribution is 6.19. The molecule has 0 aliphatic heterocycles. The van der Waals surface area contributed by atoms with Gasteiger partial charge in [-0.15, -0.1) is 0 Å². The van der Waals surface area contributed by atoms with Crippen molar-refractivity contribution >= 4 is 33.7 Å². The molecule has 1 amide bonds. The van der Waals surface area contributed by atoms with Crippen molar-refractivity contribution in [2.75, 3.05) is 13.7 Å².